The first kappa shape index (κ1) is 23.0. The van der Waals surface area contributed by atoms with Crippen LogP contribution >= 0.6 is 43.5 Å². The van der Waals surface area contributed by atoms with Crippen molar-refractivity contribution in [2.24, 2.45) is 0 Å². The molecule has 30 heavy (non-hydrogen) atoms. The van der Waals surface area contributed by atoms with Gasteiger partial charge in [0.15, 0.2) is 5.69 Å². The topological polar surface area (TPSA) is 72.1 Å². The number of benzene rings is 1. The van der Waals surface area contributed by atoms with Gasteiger partial charge in [0.25, 0.3) is 5.56 Å². The standard InChI is InChI=1S/C18H14Br2ClF3N4O2/c1-2-25-16(29)11-7-26-28(15(11)18(22,23)24)10-5-3-9(4-6-10)27-8-12(19)14(21)13(20)17(27)30/h3-8,16,25,29H,2H2,1H3. The van der Waals surface area contributed by atoms with Gasteiger partial charge in [-0.05, 0) is 62.7 Å². The Bertz CT molecular complexity index is 1130. The fourth-order valence-corrected chi connectivity index (χ4v) is 4.03. The van der Waals surface area contributed by atoms with Crippen LogP contribution in [0.1, 0.15) is 24.4 Å². The Balaban J connectivity index is 2.07. The second-order valence-electron chi connectivity index (χ2n) is 6.11. The highest BCUT2D eigenvalue weighted by atomic mass is 79.9. The first-order valence-corrected chi connectivity index (χ1v) is 10.5. The van der Waals surface area contributed by atoms with Crippen molar-refractivity contribution in [1.29, 1.82) is 0 Å². The number of nitrogens with zero attached hydrogens (tertiary/aromatic N) is 3. The third-order valence-electron chi connectivity index (χ3n) is 4.18. The number of aromatic nitrogens is 3. The highest BCUT2D eigenvalue weighted by molar-refractivity contribution is 9.11. The lowest BCUT2D eigenvalue weighted by Gasteiger charge is -2.16. The Morgan fingerprint density at radius 3 is 2.40 bits per heavy atom. The molecular formula is C18H14Br2ClF3N4O2. The smallest absolute Gasteiger partial charge is 0.374 e. The van der Waals surface area contributed by atoms with Crippen LogP contribution in [-0.2, 0) is 6.18 Å². The van der Waals surface area contributed by atoms with Gasteiger partial charge in [0, 0.05) is 17.4 Å². The molecule has 1 unspecified atom stereocenters. The Kier molecular flexibility index (Phi) is 6.78. The third-order valence-corrected chi connectivity index (χ3v) is 6.37. The van der Waals surface area contributed by atoms with E-state index in [0.717, 1.165) is 6.20 Å². The van der Waals surface area contributed by atoms with Crippen molar-refractivity contribution >= 4 is 43.5 Å². The van der Waals surface area contributed by atoms with Crippen molar-refractivity contribution in [1.82, 2.24) is 19.7 Å². The van der Waals surface area contributed by atoms with Gasteiger partial charge in [-0.1, -0.05) is 18.5 Å². The van der Waals surface area contributed by atoms with Gasteiger partial charge in [-0.15, -0.1) is 0 Å². The first-order chi connectivity index (χ1) is 14.1. The van der Waals surface area contributed by atoms with Crippen LogP contribution in [0.2, 0.25) is 5.02 Å². The molecule has 12 heteroatoms. The second kappa shape index (κ2) is 8.83. The van der Waals surface area contributed by atoms with Gasteiger partial charge < -0.3 is 5.11 Å². The van der Waals surface area contributed by atoms with E-state index in [1.807, 2.05) is 0 Å². The van der Waals surface area contributed by atoms with Crippen LogP contribution in [0.15, 0.2) is 50.4 Å². The van der Waals surface area contributed by atoms with Crippen LogP contribution in [0.3, 0.4) is 0 Å². The number of rotatable bonds is 5. The monoisotopic (exact) mass is 568 g/mol. The van der Waals surface area contributed by atoms with Gasteiger partial charge in [0.1, 0.15) is 10.7 Å². The van der Waals surface area contributed by atoms with Crippen molar-refractivity contribution in [3.05, 3.63) is 72.2 Å². The summed E-state index contributed by atoms with van der Waals surface area (Å²) in [7, 11) is 0. The van der Waals surface area contributed by atoms with Crippen LogP contribution in [0, 0.1) is 0 Å². The maximum absolute atomic E-state index is 13.7. The molecule has 2 N–H and O–H groups in total. The summed E-state index contributed by atoms with van der Waals surface area (Å²) in [6.07, 6.45) is -3.82. The molecule has 2 heterocycles. The molecule has 3 aromatic rings. The maximum atomic E-state index is 13.7. The van der Waals surface area contributed by atoms with E-state index in [0.29, 0.717) is 14.8 Å². The number of halogens is 6. The second-order valence-corrected chi connectivity index (χ2v) is 8.14. The van der Waals surface area contributed by atoms with Crippen molar-refractivity contribution < 1.29 is 18.3 Å². The minimum atomic E-state index is -4.75. The van der Waals surface area contributed by atoms with Crippen molar-refractivity contribution in [2.75, 3.05) is 6.54 Å². The quantitative estimate of drug-likeness (QED) is 0.432. The Morgan fingerprint density at radius 1 is 1.23 bits per heavy atom. The van der Waals surface area contributed by atoms with E-state index in [9.17, 15) is 23.1 Å². The highest BCUT2D eigenvalue weighted by Crippen LogP contribution is 2.36. The summed E-state index contributed by atoms with van der Waals surface area (Å²) >= 11 is 12.4. The predicted molar refractivity (Wildman–Crippen MR) is 113 cm³/mol. The molecule has 0 bridgehead atoms. The van der Waals surface area contributed by atoms with Crippen LogP contribution in [0.4, 0.5) is 13.2 Å². The number of aliphatic hydroxyl groups is 1. The zero-order valence-corrected chi connectivity index (χ0v) is 19.1. The summed E-state index contributed by atoms with van der Waals surface area (Å²) in [6, 6.07) is 5.74. The molecular weight excluding hydrogens is 556 g/mol. The van der Waals surface area contributed by atoms with Crippen molar-refractivity contribution in [2.45, 2.75) is 19.3 Å². The molecule has 2 aromatic heterocycles. The number of hydrogen-bond acceptors (Lipinski definition) is 4. The van der Waals surface area contributed by atoms with Gasteiger partial charge in [-0.3, -0.25) is 14.7 Å². The Morgan fingerprint density at radius 2 is 1.83 bits per heavy atom. The normalized spacial score (nSPS) is 12.9. The zero-order valence-electron chi connectivity index (χ0n) is 15.2. The van der Waals surface area contributed by atoms with E-state index in [2.05, 4.69) is 42.3 Å². The number of nitrogens with one attached hydrogen (secondary N) is 1. The van der Waals surface area contributed by atoms with E-state index < -0.39 is 23.7 Å². The minimum absolute atomic E-state index is 0.112. The summed E-state index contributed by atoms with van der Waals surface area (Å²) < 4.78 is 43.7. The molecule has 0 aliphatic carbocycles. The first-order valence-electron chi connectivity index (χ1n) is 8.49. The molecule has 0 saturated carbocycles. The SMILES string of the molecule is CCNC(O)c1cnn(-c2ccc(-n3cc(Br)c(Cl)c(Br)c3=O)cc2)c1C(F)(F)F. The summed E-state index contributed by atoms with van der Waals surface area (Å²) in [4.78, 5) is 12.4. The number of pyridine rings is 1. The fourth-order valence-electron chi connectivity index (χ4n) is 2.82. The summed E-state index contributed by atoms with van der Waals surface area (Å²) in [6.45, 7) is 1.94. The zero-order chi connectivity index (χ0) is 22.2. The minimum Gasteiger partial charge on any atom is -0.374 e. The maximum Gasteiger partial charge on any atom is 0.433 e. The van der Waals surface area contributed by atoms with Crippen LogP contribution < -0.4 is 10.9 Å². The van der Waals surface area contributed by atoms with E-state index in [1.165, 1.54) is 35.0 Å². The molecule has 160 valence electrons. The molecule has 6 nitrogen and oxygen atoms in total. The molecule has 0 aliphatic heterocycles. The van der Waals surface area contributed by atoms with Gasteiger partial charge >= 0.3 is 6.18 Å². The van der Waals surface area contributed by atoms with Gasteiger partial charge in [0.05, 0.1) is 21.4 Å². The van der Waals surface area contributed by atoms with Crippen LogP contribution in [-0.4, -0.2) is 26.0 Å². The lowest BCUT2D eigenvalue weighted by atomic mass is 10.2. The average molecular weight is 571 g/mol. The van der Waals surface area contributed by atoms with Crippen LogP contribution in [0.5, 0.6) is 0 Å². The molecule has 0 aliphatic rings. The van der Waals surface area contributed by atoms with Crippen LogP contribution in [0.25, 0.3) is 11.4 Å². The largest absolute Gasteiger partial charge is 0.433 e. The molecule has 0 saturated heterocycles. The third kappa shape index (κ3) is 4.35. The Labute approximate surface area is 190 Å². The number of aliphatic hydroxyl groups excluding tert-OH is 1. The van der Waals surface area contributed by atoms with E-state index >= 15 is 0 Å². The fraction of sp³-hybridized carbons (Fsp3) is 0.222. The molecule has 0 spiro atoms. The summed E-state index contributed by atoms with van der Waals surface area (Å²) in [5.41, 5.74) is -1.37. The summed E-state index contributed by atoms with van der Waals surface area (Å²) in [5.74, 6) is 0. The van der Waals surface area contributed by atoms with Crippen molar-refractivity contribution in [3.63, 3.8) is 0 Å². The average Bonchev–Trinajstić information content (AvgIpc) is 3.15. The van der Waals surface area contributed by atoms with Gasteiger partial charge in [0.2, 0.25) is 0 Å². The molecule has 0 amide bonds. The van der Waals surface area contributed by atoms with Gasteiger partial charge in [-0.25, -0.2) is 4.68 Å². The molecule has 3 rings (SSSR count). The molecule has 0 fully saturated rings. The van der Waals surface area contributed by atoms with E-state index in [4.69, 9.17) is 11.6 Å². The van der Waals surface area contributed by atoms with Crippen molar-refractivity contribution in [3.8, 4) is 11.4 Å². The van der Waals surface area contributed by atoms with E-state index in [1.54, 1.807) is 6.92 Å². The molecule has 1 atom stereocenters. The Hall–Kier alpha value is -1.66. The molecule has 1 aromatic carbocycles. The lowest BCUT2D eigenvalue weighted by molar-refractivity contribution is -0.144. The number of alkyl halides is 3. The molecule has 0 radical (unpaired) electrons. The lowest BCUT2D eigenvalue weighted by Crippen LogP contribution is -2.24. The number of hydrogen-bond donors (Lipinski definition) is 2. The van der Waals surface area contributed by atoms with E-state index in [-0.39, 0.29) is 27.3 Å². The summed E-state index contributed by atoms with van der Waals surface area (Å²) in [5, 5.41) is 16.6. The predicted octanol–water partition coefficient (Wildman–Crippen LogP) is 4.82. The highest BCUT2D eigenvalue weighted by Gasteiger charge is 2.40. The van der Waals surface area contributed by atoms with Gasteiger partial charge in [-0.2, -0.15) is 18.3 Å².